The lowest BCUT2D eigenvalue weighted by Gasteiger charge is -2.11. The Balaban J connectivity index is 1.83. The van der Waals surface area contributed by atoms with Gasteiger partial charge in [-0.3, -0.25) is 0 Å². The van der Waals surface area contributed by atoms with Gasteiger partial charge >= 0.3 is 0 Å². The number of aromatic nitrogens is 1. The Morgan fingerprint density at radius 2 is 1.77 bits per heavy atom. The smallest absolute Gasteiger partial charge is 0.146 e. The SMILES string of the molecule is CCCc1ccc(CCc2c(Cl)nsc2-c2ccccc2C)cc1CC. The maximum absolute atomic E-state index is 6.44. The van der Waals surface area contributed by atoms with Crippen LogP contribution in [0.4, 0.5) is 0 Å². The number of benzene rings is 2. The van der Waals surface area contributed by atoms with E-state index in [0.29, 0.717) is 5.15 Å². The van der Waals surface area contributed by atoms with Crippen LogP contribution >= 0.6 is 23.1 Å². The zero-order valence-electron chi connectivity index (χ0n) is 15.8. The Morgan fingerprint density at radius 3 is 2.50 bits per heavy atom. The summed E-state index contributed by atoms with van der Waals surface area (Å²) in [7, 11) is 0. The van der Waals surface area contributed by atoms with Gasteiger partial charge < -0.3 is 0 Å². The Kier molecular flexibility index (Phi) is 6.50. The zero-order valence-corrected chi connectivity index (χ0v) is 17.4. The van der Waals surface area contributed by atoms with Gasteiger partial charge in [-0.15, -0.1) is 0 Å². The summed E-state index contributed by atoms with van der Waals surface area (Å²) < 4.78 is 4.43. The highest BCUT2D eigenvalue weighted by atomic mass is 35.5. The van der Waals surface area contributed by atoms with Gasteiger partial charge in [0.25, 0.3) is 0 Å². The fourth-order valence-electron chi connectivity index (χ4n) is 3.49. The zero-order chi connectivity index (χ0) is 18.5. The molecule has 0 atom stereocenters. The minimum absolute atomic E-state index is 0.659. The van der Waals surface area contributed by atoms with Crippen molar-refractivity contribution in [2.75, 3.05) is 0 Å². The van der Waals surface area contributed by atoms with Crippen molar-refractivity contribution in [1.82, 2.24) is 4.37 Å². The third kappa shape index (κ3) is 4.19. The van der Waals surface area contributed by atoms with Gasteiger partial charge in [0.1, 0.15) is 5.15 Å². The van der Waals surface area contributed by atoms with Crippen molar-refractivity contribution in [3.8, 4) is 10.4 Å². The molecule has 0 radical (unpaired) electrons. The van der Waals surface area contributed by atoms with Crippen LogP contribution in [0, 0.1) is 6.92 Å². The molecule has 1 heterocycles. The van der Waals surface area contributed by atoms with Crippen LogP contribution in [0.2, 0.25) is 5.15 Å². The van der Waals surface area contributed by atoms with Crippen molar-refractivity contribution in [2.45, 2.75) is 52.9 Å². The molecule has 1 aromatic heterocycles. The number of hydrogen-bond acceptors (Lipinski definition) is 2. The monoisotopic (exact) mass is 383 g/mol. The fourth-order valence-corrected chi connectivity index (χ4v) is 4.76. The molecular weight excluding hydrogens is 358 g/mol. The molecule has 0 fully saturated rings. The van der Waals surface area contributed by atoms with E-state index in [1.165, 1.54) is 62.6 Å². The molecule has 0 aliphatic heterocycles. The normalized spacial score (nSPS) is 11.1. The van der Waals surface area contributed by atoms with E-state index in [1.807, 2.05) is 0 Å². The first-order valence-electron chi connectivity index (χ1n) is 9.44. The van der Waals surface area contributed by atoms with Crippen molar-refractivity contribution in [2.24, 2.45) is 0 Å². The Morgan fingerprint density at radius 1 is 0.962 bits per heavy atom. The van der Waals surface area contributed by atoms with Gasteiger partial charge in [0.2, 0.25) is 0 Å². The third-order valence-electron chi connectivity index (χ3n) is 4.96. The van der Waals surface area contributed by atoms with E-state index in [0.717, 1.165) is 19.3 Å². The predicted molar refractivity (Wildman–Crippen MR) is 115 cm³/mol. The molecule has 3 rings (SSSR count). The largest absolute Gasteiger partial charge is 0.180 e. The minimum Gasteiger partial charge on any atom is -0.180 e. The van der Waals surface area contributed by atoms with Crippen LogP contribution in [-0.2, 0) is 25.7 Å². The van der Waals surface area contributed by atoms with Crippen LogP contribution in [-0.4, -0.2) is 4.37 Å². The molecule has 2 aromatic carbocycles. The van der Waals surface area contributed by atoms with E-state index in [-0.39, 0.29) is 0 Å². The first kappa shape index (κ1) is 19.1. The van der Waals surface area contributed by atoms with Crippen molar-refractivity contribution in [3.05, 3.63) is 75.4 Å². The van der Waals surface area contributed by atoms with Crippen LogP contribution in [0.5, 0.6) is 0 Å². The molecule has 0 saturated carbocycles. The number of halogens is 1. The molecule has 0 unspecified atom stereocenters. The molecule has 3 aromatic rings. The number of rotatable bonds is 7. The minimum atomic E-state index is 0.659. The summed E-state index contributed by atoms with van der Waals surface area (Å²) in [6, 6.07) is 15.4. The molecule has 0 amide bonds. The lowest BCUT2D eigenvalue weighted by atomic mass is 9.95. The van der Waals surface area contributed by atoms with Crippen LogP contribution in [0.1, 0.15) is 48.1 Å². The molecule has 26 heavy (non-hydrogen) atoms. The molecule has 3 heteroatoms. The van der Waals surface area contributed by atoms with Crippen LogP contribution < -0.4 is 0 Å². The summed E-state index contributed by atoms with van der Waals surface area (Å²) >= 11 is 7.95. The number of aryl methyl sites for hydroxylation is 4. The van der Waals surface area contributed by atoms with Gasteiger partial charge in [-0.25, -0.2) is 0 Å². The standard InChI is InChI=1S/C23H26ClNS/c1-4-8-19-13-11-17(15-18(19)5-2)12-14-21-22(26-25-23(21)24)20-10-7-6-9-16(20)3/h6-7,9-11,13,15H,4-5,8,12,14H2,1-3H3. The van der Waals surface area contributed by atoms with E-state index in [1.54, 1.807) is 0 Å². The van der Waals surface area contributed by atoms with Gasteiger partial charge in [-0.2, -0.15) is 4.37 Å². The Bertz CT molecular complexity index is 882. The summed E-state index contributed by atoms with van der Waals surface area (Å²) in [5.74, 6) is 0. The van der Waals surface area contributed by atoms with E-state index >= 15 is 0 Å². The van der Waals surface area contributed by atoms with Crippen LogP contribution in [0.3, 0.4) is 0 Å². The second-order valence-electron chi connectivity index (χ2n) is 6.80. The quantitative estimate of drug-likeness (QED) is 0.425. The summed E-state index contributed by atoms with van der Waals surface area (Å²) in [4.78, 5) is 1.21. The average molecular weight is 384 g/mol. The Hall–Kier alpha value is -1.64. The molecular formula is C23H26ClNS. The van der Waals surface area contributed by atoms with Crippen molar-refractivity contribution < 1.29 is 0 Å². The van der Waals surface area contributed by atoms with Gasteiger partial charge in [-0.1, -0.05) is 74.3 Å². The molecule has 0 spiro atoms. The predicted octanol–water partition coefficient (Wildman–Crippen LogP) is 7.07. The molecule has 1 nitrogen and oxygen atoms in total. The lowest BCUT2D eigenvalue weighted by Crippen LogP contribution is -1.98. The van der Waals surface area contributed by atoms with Gasteiger partial charge in [0, 0.05) is 5.56 Å². The summed E-state index contributed by atoms with van der Waals surface area (Å²) in [6.45, 7) is 6.63. The maximum Gasteiger partial charge on any atom is 0.146 e. The highest BCUT2D eigenvalue weighted by molar-refractivity contribution is 7.10. The fraction of sp³-hybridized carbons (Fsp3) is 0.348. The lowest BCUT2D eigenvalue weighted by molar-refractivity contribution is 0.890. The van der Waals surface area contributed by atoms with Gasteiger partial charge in [0.05, 0.1) is 4.88 Å². The molecule has 0 aliphatic rings. The topological polar surface area (TPSA) is 12.9 Å². The molecule has 136 valence electrons. The van der Waals surface area contributed by atoms with Crippen molar-refractivity contribution in [1.29, 1.82) is 0 Å². The van der Waals surface area contributed by atoms with E-state index in [4.69, 9.17) is 11.6 Å². The van der Waals surface area contributed by atoms with Crippen LogP contribution in [0.25, 0.3) is 10.4 Å². The number of hydrogen-bond donors (Lipinski definition) is 0. The second kappa shape index (κ2) is 8.83. The molecule has 0 saturated heterocycles. The summed E-state index contributed by atoms with van der Waals surface area (Å²) in [5.41, 5.74) is 8.07. The molecule has 0 N–H and O–H groups in total. The molecule has 0 bridgehead atoms. The summed E-state index contributed by atoms with van der Waals surface area (Å²) in [5, 5.41) is 0.659. The summed E-state index contributed by atoms with van der Waals surface area (Å²) in [6.07, 6.45) is 5.38. The van der Waals surface area contributed by atoms with Crippen LogP contribution in [0.15, 0.2) is 42.5 Å². The number of nitrogens with zero attached hydrogens (tertiary/aromatic N) is 1. The highest BCUT2D eigenvalue weighted by Crippen LogP contribution is 2.35. The second-order valence-corrected chi connectivity index (χ2v) is 7.93. The molecule has 0 aliphatic carbocycles. The van der Waals surface area contributed by atoms with E-state index < -0.39 is 0 Å². The highest BCUT2D eigenvalue weighted by Gasteiger charge is 2.15. The van der Waals surface area contributed by atoms with E-state index in [9.17, 15) is 0 Å². The van der Waals surface area contributed by atoms with Crippen molar-refractivity contribution >= 4 is 23.1 Å². The average Bonchev–Trinajstić information content (AvgIpc) is 3.02. The van der Waals surface area contributed by atoms with Gasteiger partial charge in [0.15, 0.2) is 0 Å². The Labute approximate surface area is 166 Å². The first-order valence-corrected chi connectivity index (χ1v) is 10.6. The first-order chi connectivity index (χ1) is 12.6. The maximum atomic E-state index is 6.44. The van der Waals surface area contributed by atoms with Crippen molar-refractivity contribution in [3.63, 3.8) is 0 Å². The van der Waals surface area contributed by atoms with E-state index in [2.05, 4.69) is 67.6 Å². The van der Waals surface area contributed by atoms with Gasteiger partial charge in [-0.05, 0) is 72.0 Å². The third-order valence-corrected chi connectivity index (χ3v) is 6.30.